The summed E-state index contributed by atoms with van der Waals surface area (Å²) in [4.78, 5) is 10.8. The molecule has 0 aromatic heterocycles. The Labute approximate surface area is 156 Å². The Morgan fingerprint density at radius 1 is 1.31 bits per heavy atom. The summed E-state index contributed by atoms with van der Waals surface area (Å²) >= 11 is 6.44. The molecule has 1 heterocycles. The van der Waals surface area contributed by atoms with Gasteiger partial charge < -0.3 is 10.1 Å². The smallest absolute Gasteiger partial charge is 0.269 e. The monoisotopic (exact) mass is 370 g/mol. The second-order valence-electron chi connectivity index (χ2n) is 6.81. The molecule has 2 aromatic rings. The summed E-state index contributed by atoms with van der Waals surface area (Å²) in [7, 11) is 1.65. The number of methoxy groups -OCH3 is 1. The summed E-state index contributed by atoms with van der Waals surface area (Å²) in [5.41, 5.74) is 4.21. The van der Waals surface area contributed by atoms with Crippen LogP contribution >= 0.6 is 11.6 Å². The van der Waals surface area contributed by atoms with Crippen LogP contribution in [0.4, 0.5) is 11.4 Å². The Hall–Kier alpha value is -2.53. The van der Waals surface area contributed by atoms with Gasteiger partial charge in [-0.2, -0.15) is 0 Å². The lowest BCUT2D eigenvalue weighted by molar-refractivity contribution is -0.384. The molecule has 134 valence electrons. The molecule has 1 aliphatic carbocycles. The number of aryl methyl sites for hydroxylation is 1. The number of nitro benzene ring substituents is 1. The van der Waals surface area contributed by atoms with Gasteiger partial charge in [0.05, 0.1) is 23.8 Å². The Balaban J connectivity index is 1.87. The lowest BCUT2D eigenvalue weighted by Gasteiger charge is -2.39. The van der Waals surface area contributed by atoms with Crippen molar-refractivity contribution in [3.05, 3.63) is 74.3 Å². The molecule has 0 saturated carbocycles. The van der Waals surface area contributed by atoms with Gasteiger partial charge in [0.1, 0.15) is 5.75 Å². The zero-order chi connectivity index (χ0) is 18.4. The van der Waals surface area contributed by atoms with Crippen LogP contribution < -0.4 is 10.1 Å². The van der Waals surface area contributed by atoms with Gasteiger partial charge in [-0.15, -0.1) is 0 Å². The van der Waals surface area contributed by atoms with Crippen LogP contribution in [0.25, 0.3) is 0 Å². The van der Waals surface area contributed by atoms with E-state index < -0.39 is 0 Å². The number of hydrogen-bond acceptors (Lipinski definition) is 4. The Morgan fingerprint density at radius 2 is 2.12 bits per heavy atom. The number of fused-ring (bicyclic) bond motifs is 3. The van der Waals surface area contributed by atoms with Crippen LogP contribution in [0.2, 0.25) is 5.02 Å². The first kappa shape index (κ1) is 16.9. The van der Waals surface area contributed by atoms with Crippen molar-refractivity contribution in [2.45, 2.75) is 25.3 Å². The van der Waals surface area contributed by atoms with E-state index in [-0.39, 0.29) is 28.5 Å². The highest BCUT2D eigenvalue weighted by Crippen LogP contribution is 2.54. The molecule has 0 saturated heterocycles. The maximum absolute atomic E-state index is 11.2. The highest BCUT2D eigenvalue weighted by Gasteiger charge is 2.40. The van der Waals surface area contributed by atoms with Crippen LogP contribution in [-0.2, 0) is 0 Å². The standard InChI is InChI=1S/C20H19ClN2O3/c1-11-6-9-17(26-2)20-18(11)13-4-3-5-14(13)19(22-20)15-10-12(23(24)25)7-8-16(15)21/h3-4,6-10,13-14,19,22H,5H2,1-2H3/t13-,14-,19-/m0/s1. The molecule has 5 nitrogen and oxygen atoms in total. The molecule has 0 amide bonds. The van der Waals surface area contributed by atoms with Crippen molar-refractivity contribution in [2.75, 3.05) is 12.4 Å². The van der Waals surface area contributed by atoms with Gasteiger partial charge in [-0.3, -0.25) is 10.1 Å². The summed E-state index contributed by atoms with van der Waals surface area (Å²) in [5.74, 6) is 1.27. The summed E-state index contributed by atoms with van der Waals surface area (Å²) < 4.78 is 5.56. The zero-order valence-corrected chi connectivity index (χ0v) is 15.3. The highest BCUT2D eigenvalue weighted by molar-refractivity contribution is 6.31. The molecule has 3 atom stereocenters. The van der Waals surface area contributed by atoms with E-state index in [1.165, 1.54) is 17.2 Å². The van der Waals surface area contributed by atoms with E-state index in [0.29, 0.717) is 5.02 Å². The van der Waals surface area contributed by atoms with Crippen molar-refractivity contribution in [3.63, 3.8) is 0 Å². The van der Waals surface area contributed by atoms with Crippen molar-refractivity contribution < 1.29 is 9.66 Å². The van der Waals surface area contributed by atoms with Gasteiger partial charge in [0, 0.05) is 28.6 Å². The Morgan fingerprint density at radius 3 is 2.85 bits per heavy atom. The van der Waals surface area contributed by atoms with Crippen molar-refractivity contribution in [2.24, 2.45) is 5.92 Å². The molecule has 6 heteroatoms. The van der Waals surface area contributed by atoms with E-state index in [1.54, 1.807) is 19.2 Å². The zero-order valence-electron chi connectivity index (χ0n) is 14.5. The van der Waals surface area contributed by atoms with Crippen molar-refractivity contribution in [3.8, 4) is 5.75 Å². The summed E-state index contributed by atoms with van der Waals surface area (Å²) in [5, 5.41) is 15.3. The SMILES string of the molecule is COc1ccc(C)c2c1N[C@H](c1cc([N+](=O)[O-])ccc1Cl)[C@H]1CC=C[C@H]21. The molecule has 0 fully saturated rings. The molecule has 1 aliphatic heterocycles. The number of benzene rings is 2. The Kier molecular flexibility index (Phi) is 4.11. The lowest BCUT2D eigenvalue weighted by Crippen LogP contribution is -2.30. The molecular formula is C20H19ClN2O3. The van der Waals surface area contributed by atoms with Gasteiger partial charge in [0.25, 0.3) is 5.69 Å². The quantitative estimate of drug-likeness (QED) is 0.447. The molecule has 0 bridgehead atoms. The highest BCUT2D eigenvalue weighted by atomic mass is 35.5. The number of nitrogens with zero attached hydrogens (tertiary/aromatic N) is 1. The molecule has 2 aromatic carbocycles. The minimum Gasteiger partial charge on any atom is -0.495 e. The normalized spacial score (nSPS) is 23.1. The van der Waals surface area contributed by atoms with E-state index in [4.69, 9.17) is 16.3 Å². The van der Waals surface area contributed by atoms with Crippen LogP contribution in [-0.4, -0.2) is 12.0 Å². The van der Waals surface area contributed by atoms with Crippen LogP contribution in [0.15, 0.2) is 42.5 Å². The van der Waals surface area contributed by atoms with Crippen LogP contribution in [0, 0.1) is 23.0 Å². The van der Waals surface area contributed by atoms with Crippen LogP contribution in [0.1, 0.15) is 35.1 Å². The van der Waals surface area contributed by atoms with Gasteiger partial charge in [0.2, 0.25) is 0 Å². The molecule has 26 heavy (non-hydrogen) atoms. The third-order valence-corrected chi connectivity index (χ3v) is 5.79. The average Bonchev–Trinajstić information content (AvgIpc) is 3.11. The molecule has 2 aliphatic rings. The third-order valence-electron chi connectivity index (χ3n) is 5.44. The predicted molar refractivity (Wildman–Crippen MR) is 102 cm³/mol. The second kappa shape index (κ2) is 6.32. The fourth-order valence-electron chi connectivity index (χ4n) is 4.23. The minimum atomic E-state index is -0.383. The Bertz CT molecular complexity index is 926. The third kappa shape index (κ3) is 2.54. The maximum Gasteiger partial charge on any atom is 0.269 e. The number of ether oxygens (including phenoxy) is 1. The number of nitro groups is 1. The molecule has 0 unspecified atom stereocenters. The lowest BCUT2D eigenvalue weighted by atomic mass is 9.75. The number of halogens is 1. The number of nitrogens with one attached hydrogen (secondary N) is 1. The van der Waals surface area contributed by atoms with Crippen molar-refractivity contribution in [1.82, 2.24) is 0 Å². The first-order valence-corrected chi connectivity index (χ1v) is 8.93. The summed E-state index contributed by atoms with van der Waals surface area (Å²) in [6, 6.07) is 8.54. The topological polar surface area (TPSA) is 64.4 Å². The largest absolute Gasteiger partial charge is 0.495 e. The fraction of sp³-hybridized carbons (Fsp3) is 0.300. The first-order chi connectivity index (χ1) is 12.5. The van der Waals surface area contributed by atoms with Crippen molar-refractivity contribution in [1.29, 1.82) is 0 Å². The number of rotatable bonds is 3. The summed E-state index contributed by atoms with van der Waals surface area (Å²) in [6.45, 7) is 2.10. The number of allylic oxidation sites excluding steroid dienone is 2. The number of hydrogen-bond donors (Lipinski definition) is 1. The molecule has 0 radical (unpaired) electrons. The number of anilines is 1. The van der Waals surface area contributed by atoms with E-state index in [9.17, 15) is 10.1 Å². The fourth-order valence-corrected chi connectivity index (χ4v) is 4.47. The number of non-ortho nitro benzene ring substituents is 1. The molecule has 0 spiro atoms. The van der Waals surface area contributed by atoms with Gasteiger partial charge >= 0.3 is 0 Å². The van der Waals surface area contributed by atoms with Gasteiger partial charge in [-0.25, -0.2) is 0 Å². The van der Waals surface area contributed by atoms with Crippen molar-refractivity contribution >= 4 is 23.0 Å². The van der Waals surface area contributed by atoms with E-state index >= 15 is 0 Å². The van der Waals surface area contributed by atoms with Crippen LogP contribution in [0.5, 0.6) is 5.75 Å². The molecule has 4 rings (SSSR count). The first-order valence-electron chi connectivity index (χ1n) is 8.55. The van der Waals surface area contributed by atoms with E-state index in [0.717, 1.165) is 23.4 Å². The minimum absolute atomic E-state index is 0.0516. The van der Waals surface area contributed by atoms with E-state index in [1.807, 2.05) is 6.07 Å². The van der Waals surface area contributed by atoms with Crippen LogP contribution in [0.3, 0.4) is 0 Å². The second-order valence-corrected chi connectivity index (χ2v) is 7.22. The van der Waals surface area contributed by atoms with Gasteiger partial charge in [-0.05, 0) is 42.5 Å². The summed E-state index contributed by atoms with van der Waals surface area (Å²) in [6.07, 6.45) is 5.32. The predicted octanol–water partition coefficient (Wildman–Crippen LogP) is 5.39. The maximum atomic E-state index is 11.2. The molecule has 1 N–H and O–H groups in total. The molecular weight excluding hydrogens is 352 g/mol. The average molecular weight is 371 g/mol. The van der Waals surface area contributed by atoms with Gasteiger partial charge in [0.15, 0.2) is 0 Å². The van der Waals surface area contributed by atoms with E-state index in [2.05, 4.69) is 30.5 Å². The van der Waals surface area contributed by atoms with Gasteiger partial charge in [-0.1, -0.05) is 29.8 Å².